The van der Waals surface area contributed by atoms with Crippen molar-refractivity contribution < 1.29 is 4.74 Å². The molecule has 1 aliphatic heterocycles. The first-order valence-corrected chi connectivity index (χ1v) is 8.60. The van der Waals surface area contributed by atoms with E-state index in [9.17, 15) is 0 Å². The number of hydrogen-bond acceptors (Lipinski definition) is 3. The van der Waals surface area contributed by atoms with Gasteiger partial charge in [0.1, 0.15) is 5.75 Å². The molecule has 0 radical (unpaired) electrons. The summed E-state index contributed by atoms with van der Waals surface area (Å²) in [6, 6.07) is 13.3. The van der Waals surface area contributed by atoms with Gasteiger partial charge in [0.15, 0.2) is 0 Å². The van der Waals surface area contributed by atoms with Gasteiger partial charge in [0.2, 0.25) is 0 Å². The van der Waals surface area contributed by atoms with E-state index in [1.54, 1.807) is 0 Å². The van der Waals surface area contributed by atoms with E-state index in [1.807, 2.05) is 11.3 Å². The van der Waals surface area contributed by atoms with Crippen LogP contribution in [0.2, 0.25) is 0 Å². The van der Waals surface area contributed by atoms with E-state index in [1.165, 1.54) is 15.3 Å². The normalized spacial score (nSPS) is 18.9. The zero-order chi connectivity index (χ0) is 14.7. The summed E-state index contributed by atoms with van der Waals surface area (Å²) in [5.74, 6) is 1.56. The van der Waals surface area contributed by atoms with E-state index in [0.717, 1.165) is 31.7 Å². The van der Waals surface area contributed by atoms with Gasteiger partial charge in [-0.25, -0.2) is 0 Å². The van der Waals surface area contributed by atoms with Crippen molar-refractivity contribution in [3.05, 3.63) is 51.7 Å². The summed E-state index contributed by atoms with van der Waals surface area (Å²) in [6.45, 7) is 6.25. The number of thiophene rings is 1. The minimum Gasteiger partial charge on any atom is -0.493 e. The van der Waals surface area contributed by atoms with Crippen molar-refractivity contribution in [2.45, 2.75) is 32.7 Å². The Labute approximate surface area is 131 Å². The summed E-state index contributed by atoms with van der Waals surface area (Å²) < 4.78 is 5.99. The first-order chi connectivity index (χ1) is 10.3. The highest BCUT2D eigenvalue weighted by atomic mass is 32.1. The van der Waals surface area contributed by atoms with Crippen molar-refractivity contribution in [2.24, 2.45) is 5.92 Å². The quantitative estimate of drug-likeness (QED) is 0.886. The van der Waals surface area contributed by atoms with Gasteiger partial charge in [-0.15, -0.1) is 11.3 Å². The molecule has 3 heteroatoms. The highest BCUT2D eigenvalue weighted by molar-refractivity contribution is 7.12. The minimum absolute atomic E-state index is 0.400. The molecular weight excluding hydrogens is 278 g/mol. The molecule has 0 saturated heterocycles. The van der Waals surface area contributed by atoms with Crippen LogP contribution in [0.25, 0.3) is 0 Å². The highest BCUT2D eigenvalue weighted by Gasteiger charge is 2.28. The van der Waals surface area contributed by atoms with Gasteiger partial charge < -0.3 is 10.1 Å². The third kappa shape index (κ3) is 3.30. The van der Waals surface area contributed by atoms with E-state index < -0.39 is 0 Å². The van der Waals surface area contributed by atoms with Crippen LogP contribution in [-0.2, 0) is 6.42 Å². The van der Waals surface area contributed by atoms with Crippen molar-refractivity contribution >= 4 is 11.3 Å². The van der Waals surface area contributed by atoms with Gasteiger partial charge in [-0.05, 0) is 50.1 Å². The third-order valence-corrected chi connectivity index (χ3v) is 5.14. The molecule has 2 atom stereocenters. The Bertz CT molecular complexity index is 592. The average Bonchev–Trinajstić information content (AvgIpc) is 2.94. The molecule has 2 unspecified atom stereocenters. The summed E-state index contributed by atoms with van der Waals surface area (Å²) in [7, 11) is 0. The SMILES string of the molecule is CCCNC(c1ccc(C)s1)C1COc2ccccc2C1. The van der Waals surface area contributed by atoms with Crippen molar-refractivity contribution in [1.82, 2.24) is 5.32 Å². The maximum Gasteiger partial charge on any atom is 0.122 e. The fourth-order valence-corrected chi connectivity index (χ4v) is 4.03. The molecule has 2 nitrogen and oxygen atoms in total. The molecule has 0 aliphatic carbocycles. The van der Waals surface area contributed by atoms with Crippen molar-refractivity contribution in [2.75, 3.05) is 13.2 Å². The lowest BCUT2D eigenvalue weighted by Crippen LogP contribution is -2.35. The third-order valence-electron chi connectivity index (χ3n) is 4.06. The van der Waals surface area contributed by atoms with Crippen LogP contribution < -0.4 is 10.1 Å². The molecule has 0 saturated carbocycles. The number of para-hydroxylation sites is 1. The second-order valence-electron chi connectivity index (χ2n) is 5.76. The molecule has 1 N–H and O–H groups in total. The summed E-state index contributed by atoms with van der Waals surface area (Å²) in [6.07, 6.45) is 2.25. The Morgan fingerprint density at radius 2 is 2.14 bits per heavy atom. The van der Waals surface area contributed by atoms with E-state index in [2.05, 4.69) is 55.6 Å². The van der Waals surface area contributed by atoms with Gasteiger partial charge in [0.05, 0.1) is 6.61 Å². The lowest BCUT2D eigenvalue weighted by molar-refractivity contribution is 0.186. The number of fused-ring (bicyclic) bond motifs is 1. The van der Waals surface area contributed by atoms with Gasteiger partial charge in [-0.2, -0.15) is 0 Å². The van der Waals surface area contributed by atoms with E-state index in [-0.39, 0.29) is 0 Å². The number of rotatable bonds is 5. The predicted octanol–water partition coefficient (Wildman–Crippen LogP) is 4.35. The number of benzene rings is 1. The lowest BCUT2D eigenvalue weighted by atomic mass is 9.89. The first-order valence-electron chi connectivity index (χ1n) is 7.78. The summed E-state index contributed by atoms with van der Waals surface area (Å²) >= 11 is 1.90. The van der Waals surface area contributed by atoms with Gasteiger partial charge in [0, 0.05) is 21.7 Å². The minimum atomic E-state index is 0.400. The standard InChI is InChI=1S/C18H23NOS/c1-3-10-19-18(17-9-8-13(2)21-17)15-11-14-6-4-5-7-16(14)20-12-15/h4-9,15,18-19H,3,10-12H2,1-2H3. The highest BCUT2D eigenvalue weighted by Crippen LogP contribution is 2.35. The van der Waals surface area contributed by atoms with Gasteiger partial charge in [-0.1, -0.05) is 25.1 Å². The monoisotopic (exact) mass is 301 g/mol. The Morgan fingerprint density at radius 1 is 1.29 bits per heavy atom. The number of aryl methyl sites for hydroxylation is 1. The molecule has 3 rings (SSSR count). The second-order valence-corrected chi connectivity index (χ2v) is 7.08. The number of ether oxygens (including phenoxy) is 1. The van der Waals surface area contributed by atoms with Crippen LogP contribution >= 0.6 is 11.3 Å². The molecule has 1 aliphatic rings. The predicted molar refractivity (Wildman–Crippen MR) is 89.2 cm³/mol. The van der Waals surface area contributed by atoms with Gasteiger partial charge in [-0.3, -0.25) is 0 Å². The van der Waals surface area contributed by atoms with Gasteiger partial charge in [0.25, 0.3) is 0 Å². The van der Waals surface area contributed by atoms with Gasteiger partial charge >= 0.3 is 0 Å². The van der Waals surface area contributed by atoms with Crippen LogP contribution in [0.1, 0.15) is 34.7 Å². The van der Waals surface area contributed by atoms with Crippen molar-refractivity contribution in [3.8, 4) is 5.75 Å². The van der Waals surface area contributed by atoms with Crippen LogP contribution in [0.5, 0.6) is 5.75 Å². The lowest BCUT2D eigenvalue weighted by Gasteiger charge is -2.32. The van der Waals surface area contributed by atoms with E-state index in [4.69, 9.17) is 4.74 Å². The van der Waals surface area contributed by atoms with Crippen LogP contribution in [0.15, 0.2) is 36.4 Å². The molecule has 2 aromatic rings. The Hall–Kier alpha value is -1.32. The molecule has 21 heavy (non-hydrogen) atoms. The fourth-order valence-electron chi connectivity index (χ4n) is 2.99. The molecule has 0 spiro atoms. The molecule has 112 valence electrons. The Kier molecular flexibility index (Phi) is 4.61. The van der Waals surface area contributed by atoms with Crippen molar-refractivity contribution in [3.63, 3.8) is 0 Å². The average molecular weight is 301 g/mol. The van der Waals surface area contributed by atoms with Crippen LogP contribution in [-0.4, -0.2) is 13.2 Å². The Morgan fingerprint density at radius 3 is 2.90 bits per heavy atom. The van der Waals surface area contributed by atoms with Crippen LogP contribution in [0, 0.1) is 12.8 Å². The molecule has 1 aromatic heterocycles. The second kappa shape index (κ2) is 6.63. The zero-order valence-corrected chi connectivity index (χ0v) is 13.6. The summed E-state index contributed by atoms with van der Waals surface area (Å²) in [5, 5.41) is 3.73. The van der Waals surface area contributed by atoms with Crippen LogP contribution in [0.3, 0.4) is 0 Å². The maximum atomic E-state index is 5.99. The first kappa shape index (κ1) is 14.6. The largest absolute Gasteiger partial charge is 0.493 e. The Balaban J connectivity index is 1.81. The number of hydrogen-bond donors (Lipinski definition) is 1. The van der Waals surface area contributed by atoms with E-state index in [0.29, 0.717) is 12.0 Å². The topological polar surface area (TPSA) is 21.3 Å². The molecule has 2 heterocycles. The molecule has 0 fully saturated rings. The summed E-state index contributed by atoms with van der Waals surface area (Å²) in [5.41, 5.74) is 1.34. The molecule has 1 aromatic carbocycles. The molecule has 0 bridgehead atoms. The number of nitrogens with one attached hydrogen (secondary N) is 1. The molecule has 0 amide bonds. The maximum absolute atomic E-state index is 5.99. The summed E-state index contributed by atoms with van der Waals surface area (Å²) in [4.78, 5) is 2.82. The van der Waals surface area contributed by atoms with E-state index >= 15 is 0 Å². The molecular formula is C18H23NOS. The van der Waals surface area contributed by atoms with Crippen LogP contribution in [0.4, 0.5) is 0 Å². The zero-order valence-electron chi connectivity index (χ0n) is 12.8. The smallest absolute Gasteiger partial charge is 0.122 e. The van der Waals surface area contributed by atoms with Crippen molar-refractivity contribution in [1.29, 1.82) is 0 Å². The fraction of sp³-hybridized carbons (Fsp3) is 0.444.